The average molecular weight is 479 g/mol. The highest BCUT2D eigenvalue weighted by molar-refractivity contribution is 7.86. The third kappa shape index (κ3) is 4.64. The van der Waals surface area contributed by atoms with E-state index in [1.807, 2.05) is 60.7 Å². The van der Waals surface area contributed by atoms with E-state index in [9.17, 15) is 18.0 Å². The van der Waals surface area contributed by atoms with Crippen molar-refractivity contribution in [3.8, 4) is 0 Å². The van der Waals surface area contributed by atoms with E-state index >= 15 is 0 Å². The fourth-order valence-corrected chi connectivity index (χ4v) is 4.43. The molecule has 2 N–H and O–H groups in total. The normalized spacial score (nSPS) is 20.2. The fraction of sp³-hybridized carbons (Fsp3) is 0.273. The van der Waals surface area contributed by atoms with Crippen LogP contribution in [0.15, 0.2) is 72.1 Å². The van der Waals surface area contributed by atoms with Gasteiger partial charge in [0.05, 0.1) is 12.3 Å². The number of esters is 1. The first-order valence-corrected chi connectivity index (χ1v) is 11.6. The van der Waals surface area contributed by atoms with Crippen LogP contribution in [0.3, 0.4) is 0 Å². The lowest BCUT2D eigenvalue weighted by Crippen LogP contribution is -2.69. The van der Waals surface area contributed by atoms with Crippen LogP contribution in [0.4, 0.5) is 0 Å². The van der Waals surface area contributed by atoms with Gasteiger partial charge in [0.25, 0.3) is 0 Å². The smallest absolute Gasteiger partial charge is 0.359 e. The van der Waals surface area contributed by atoms with E-state index in [-0.39, 0.29) is 30.3 Å². The van der Waals surface area contributed by atoms with Gasteiger partial charge in [-0.05, 0) is 17.5 Å². The van der Waals surface area contributed by atoms with Crippen molar-refractivity contribution < 1.29 is 26.9 Å². The summed E-state index contributed by atoms with van der Waals surface area (Å²) >= 11 is 0. The zero-order valence-electron chi connectivity index (χ0n) is 17.2. The first kappa shape index (κ1) is 23.8. The van der Waals surface area contributed by atoms with Crippen LogP contribution >= 0.6 is 12.4 Å². The Bertz CT molecular complexity index is 1100. The molecule has 0 bridgehead atoms. The Hall–Kier alpha value is -2.88. The van der Waals surface area contributed by atoms with E-state index in [0.717, 1.165) is 17.4 Å². The molecule has 2 heterocycles. The van der Waals surface area contributed by atoms with Crippen molar-refractivity contribution in [2.75, 3.05) is 6.26 Å². The van der Waals surface area contributed by atoms with Crippen LogP contribution in [0.2, 0.25) is 0 Å². The topological polar surface area (TPSA) is 116 Å². The number of amides is 1. The zero-order chi connectivity index (χ0) is 22.2. The quantitative estimate of drug-likeness (QED) is 0.384. The Morgan fingerprint density at radius 1 is 1.06 bits per heavy atom. The van der Waals surface area contributed by atoms with E-state index in [0.29, 0.717) is 6.42 Å². The summed E-state index contributed by atoms with van der Waals surface area (Å²) < 4.78 is 34.4. The maximum Gasteiger partial charge on any atom is 0.359 e. The van der Waals surface area contributed by atoms with Crippen LogP contribution in [0.1, 0.15) is 30.1 Å². The summed E-state index contributed by atoms with van der Waals surface area (Å²) in [4.78, 5) is 26.9. The number of nitrogens with two attached hydrogens (primary N) is 1. The molecule has 10 heteroatoms. The summed E-state index contributed by atoms with van der Waals surface area (Å²) in [7, 11) is -3.91. The van der Waals surface area contributed by atoms with Crippen LogP contribution < -0.4 is 5.73 Å². The minimum atomic E-state index is -3.91. The molecule has 0 saturated carbocycles. The molecule has 0 radical (unpaired) electrons. The van der Waals surface area contributed by atoms with Gasteiger partial charge in [-0.2, -0.15) is 8.42 Å². The predicted molar refractivity (Wildman–Crippen MR) is 119 cm³/mol. The number of nitrogens with zero attached hydrogens (tertiary/aromatic N) is 1. The number of carbonyl (C=O) groups is 2. The maximum absolute atomic E-state index is 13.3. The van der Waals surface area contributed by atoms with Crippen molar-refractivity contribution in [3.63, 3.8) is 0 Å². The molecule has 170 valence electrons. The SMILES string of the molecule is CS(=O)(=O)OC1=C(C(=O)OC(c2ccccc2)c2ccccc2)N2C(=O)[C@@H](N)[C@H]2CC1.Cl. The number of halogens is 1. The van der Waals surface area contributed by atoms with E-state index in [4.69, 9.17) is 14.7 Å². The highest BCUT2D eigenvalue weighted by Gasteiger charge is 2.52. The lowest BCUT2D eigenvalue weighted by Gasteiger charge is -2.48. The standard InChI is InChI=1S/C22H22N2O6S.ClH/c1-31(27,28)30-17-13-12-16-18(23)21(25)24(16)19(17)22(26)29-20(14-8-4-2-5-9-14)15-10-6-3-7-11-15;/h2-11,16,18,20H,12-13,23H2,1H3;1H/t16-,18+;/m1./s1. The molecule has 0 aromatic heterocycles. The summed E-state index contributed by atoms with van der Waals surface area (Å²) in [6, 6.07) is 17.1. The summed E-state index contributed by atoms with van der Waals surface area (Å²) in [5, 5.41) is 0. The second kappa shape index (κ2) is 9.32. The van der Waals surface area contributed by atoms with Gasteiger partial charge in [-0.15, -0.1) is 12.4 Å². The molecule has 2 aromatic rings. The Balaban J connectivity index is 0.00000289. The van der Waals surface area contributed by atoms with E-state index in [1.54, 1.807) is 0 Å². The van der Waals surface area contributed by atoms with Gasteiger partial charge in [0.2, 0.25) is 5.91 Å². The lowest BCUT2D eigenvalue weighted by atomic mass is 9.86. The molecule has 0 spiro atoms. The molecular formula is C22H23ClN2O6S. The lowest BCUT2D eigenvalue weighted by molar-refractivity contribution is -0.157. The molecule has 1 saturated heterocycles. The second-order valence-corrected chi connectivity index (χ2v) is 9.08. The molecule has 1 amide bonds. The molecule has 0 aliphatic carbocycles. The van der Waals surface area contributed by atoms with Gasteiger partial charge in [-0.25, -0.2) is 4.79 Å². The van der Waals surface area contributed by atoms with Crippen molar-refractivity contribution in [2.45, 2.75) is 31.0 Å². The molecule has 2 aliphatic rings. The van der Waals surface area contributed by atoms with Crippen molar-refractivity contribution in [1.29, 1.82) is 0 Å². The molecule has 32 heavy (non-hydrogen) atoms. The van der Waals surface area contributed by atoms with Crippen molar-refractivity contribution in [1.82, 2.24) is 4.90 Å². The first-order valence-electron chi connectivity index (χ1n) is 9.78. The number of hydrogen-bond donors (Lipinski definition) is 1. The summed E-state index contributed by atoms with van der Waals surface area (Å²) in [5.74, 6) is -1.42. The summed E-state index contributed by atoms with van der Waals surface area (Å²) in [6.45, 7) is 0. The molecule has 2 aromatic carbocycles. The van der Waals surface area contributed by atoms with Crippen LogP contribution in [-0.4, -0.2) is 43.5 Å². The van der Waals surface area contributed by atoms with Gasteiger partial charge >= 0.3 is 16.1 Å². The van der Waals surface area contributed by atoms with Crippen LogP contribution in [0, 0.1) is 0 Å². The third-order valence-electron chi connectivity index (χ3n) is 5.32. The van der Waals surface area contributed by atoms with Gasteiger partial charge in [-0.1, -0.05) is 60.7 Å². The molecule has 4 rings (SSSR count). The van der Waals surface area contributed by atoms with Crippen LogP contribution in [-0.2, 0) is 28.6 Å². The fourth-order valence-electron chi connectivity index (χ4n) is 3.91. The van der Waals surface area contributed by atoms with Crippen molar-refractivity contribution >= 4 is 34.4 Å². The number of fused-ring (bicyclic) bond motifs is 1. The molecule has 2 aliphatic heterocycles. The number of allylic oxidation sites excluding steroid dienone is 1. The first-order chi connectivity index (χ1) is 14.8. The zero-order valence-corrected chi connectivity index (χ0v) is 18.8. The number of benzene rings is 2. The molecule has 2 atom stereocenters. The van der Waals surface area contributed by atoms with Crippen molar-refractivity contribution in [2.24, 2.45) is 5.73 Å². The Morgan fingerprint density at radius 3 is 2.09 bits per heavy atom. The van der Waals surface area contributed by atoms with Crippen LogP contribution in [0.25, 0.3) is 0 Å². The second-order valence-electron chi connectivity index (χ2n) is 7.51. The van der Waals surface area contributed by atoms with Gasteiger partial charge in [-0.3, -0.25) is 9.69 Å². The Kier molecular flexibility index (Phi) is 6.92. The van der Waals surface area contributed by atoms with Gasteiger partial charge in [0, 0.05) is 6.42 Å². The van der Waals surface area contributed by atoms with Gasteiger partial charge in [0.15, 0.2) is 17.6 Å². The Labute approximate surface area is 192 Å². The molecule has 8 nitrogen and oxygen atoms in total. The largest absolute Gasteiger partial charge is 0.448 e. The van der Waals surface area contributed by atoms with E-state index in [2.05, 4.69) is 0 Å². The van der Waals surface area contributed by atoms with Crippen LogP contribution in [0.5, 0.6) is 0 Å². The van der Waals surface area contributed by atoms with E-state index in [1.165, 1.54) is 4.90 Å². The minimum Gasteiger partial charge on any atom is -0.448 e. The number of rotatable bonds is 6. The van der Waals surface area contributed by atoms with E-state index < -0.39 is 40.2 Å². The number of carbonyl (C=O) groups excluding carboxylic acids is 2. The summed E-state index contributed by atoms with van der Waals surface area (Å²) in [5.41, 5.74) is 7.12. The number of β-lactam (4-membered cyclic amide) rings is 1. The van der Waals surface area contributed by atoms with Gasteiger partial charge < -0.3 is 14.7 Å². The Morgan fingerprint density at radius 2 is 1.59 bits per heavy atom. The monoisotopic (exact) mass is 478 g/mol. The summed E-state index contributed by atoms with van der Waals surface area (Å²) in [6.07, 6.45) is 0.679. The third-order valence-corrected chi connectivity index (χ3v) is 5.82. The highest BCUT2D eigenvalue weighted by atomic mass is 35.5. The average Bonchev–Trinajstić information content (AvgIpc) is 2.76. The number of ether oxygens (including phenoxy) is 1. The number of hydrogen-bond acceptors (Lipinski definition) is 7. The maximum atomic E-state index is 13.3. The molecule has 0 unspecified atom stereocenters. The molecule has 1 fully saturated rings. The predicted octanol–water partition coefficient (Wildman–Crippen LogP) is 2.26. The van der Waals surface area contributed by atoms with Crippen molar-refractivity contribution in [3.05, 3.63) is 83.2 Å². The highest BCUT2D eigenvalue weighted by Crippen LogP contribution is 2.38. The minimum absolute atomic E-state index is 0. The molecular weight excluding hydrogens is 456 g/mol. The van der Waals surface area contributed by atoms with Gasteiger partial charge in [0.1, 0.15) is 6.04 Å².